The fourth-order valence-corrected chi connectivity index (χ4v) is 5.36. The quantitative estimate of drug-likeness (QED) is 0.485. The first-order chi connectivity index (χ1) is 15.4. The van der Waals surface area contributed by atoms with Crippen LogP contribution in [0.3, 0.4) is 0 Å². The van der Waals surface area contributed by atoms with E-state index in [9.17, 15) is 4.79 Å². The first-order valence-corrected chi connectivity index (χ1v) is 11.9. The van der Waals surface area contributed by atoms with Crippen molar-refractivity contribution >= 4 is 22.8 Å². The van der Waals surface area contributed by atoms with Gasteiger partial charge in [-0.3, -0.25) is 9.79 Å². The highest BCUT2D eigenvalue weighted by Gasteiger charge is 2.36. The molecule has 1 aliphatic carbocycles. The number of aliphatic imine (C=N–C) groups is 1. The van der Waals surface area contributed by atoms with Crippen molar-refractivity contribution in [3.05, 3.63) is 70.4 Å². The summed E-state index contributed by atoms with van der Waals surface area (Å²) >= 11 is 0. The lowest BCUT2D eigenvalue weighted by Crippen LogP contribution is -2.31. The normalized spacial score (nSPS) is 20.9. The number of rotatable bonds is 5. The third-order valence-electron chi connectivity index (χ3n) is 7.72. The van der Waals surface area contributed by atoms with E-state index in [1.54, 1.807) is 0 Å². The van der Waals surface area contributed by atoms with E-state index < -0.39 is 0 Å². The van der Waals surface area contributed by atoms with Crippen molar-refractivity contribution in [1.82, 2.24) is 0 Å². The molecular weight excluding hydrogens is 394 g/mol. The second-order valence-electron chi connectivity index (χ2n) is 9.94. The molecule has 0 fully saturated rings. The molecule has 4 nitrogen and oxygen atoms in total. The van der Waals surface area contributed by atoms with Crippen LogP contribution in [0.5, 0.6) is 0 Å². The Morgan fingerprint density at radius 1 is 1.03 bits per heavy atom. The minimum absolute atomic E-state index is 0.130. The highest BCUT2D eigenvalue weighted by atomic mass is 16.1. The number of hydrogen-bond acceptors (Lipinski definition) is 4. The van der Waals surface area contributed by atoms with E-state index in [4.69, 9.17) is 4.99 Å². The van der Waals surface area contributed by atoms with Crippen molar-refractivity contribution in [2.75, 3.05) is 0 Å². The lowest BCUT2D eigenvalue weighted by molar-refractivity contribution is 0.0871. The average Bonchev–Trinajstić information content (AvgIpc) is 3.46. The van der Waals surface area contributed by atoms with E-state index in [2.05, 4.69) is 74.3 Å². The monoisotopic (exact) mass is 425 g/mol. The summed E-state index contributed by atoms with van der Waals surface area (Å²) in [5.41, 5.74) is 8.84. The average molecular weight is 426 g/mol. The molecule has 32 heavy (non-hydrogen) atoms. The summed E-state index contributed by atoms with van der Waals surface area (Å²) in [6, 6.07) is 13.0. The highest BCUT2D eigenvalue weighted by Crippen LogP contribution is 2.43. The van der Waals surface area contributed by atoms with Crippen LogP contribution in [0.25, 0.3) is 5.57 Å². The zero-order chi connectivity index (χ0) is 22.5. The summed E-state index contributed by atoms with van der Waals surface area (Å²) in [6.07, 6.45) is 6.49. The van der Waals surface area contributed by atoms with E-state index in [0.29, 0.717) is 12.3 Å². The number of carbonyl (C=O) groups excluding carboxylic acids is 1. The summed E-state index contributed by atoms with van der Waals surface area (Å²) in [6.45, 7) is 8.78. The number of ketones is 1. The molecule has 0 bridgehead atoms. The molecule has 3 aliphatic rings. The van der Waals surface area contributed by atoms with Crippen molar-refractivity contribution in [2.45, 2.75) is 65.8 Å². The Morgan fingerprint density at radius 2 is 1.81 bits per heavy atom. The van der Waals surface area contributed by atoms with Gasteiger partial charge in [-0.05, 0) is 65.0 Å². The summed E-state index contributed by atoms with van der Waals surface area (Å²) in [5.74, 6) is 0.727. The van der Waals surface area contributed by atoms with Gasteiger partial charge in [-0.15, -0.1) is 0 Å². The number of carbonyl (C=O) groups is 1. The highest BCUT2D eigenvalue weighted by molar-refractivity contribution is 6.11. The Hall–Kier alpha value is -2.88. The van der Waals surface area contributed by atoms with Crippen LogP contribution in [0.2, 0.25) is 0 Å². The Kier molecular flexibility index (Phi) is 5.19. The predicted molar refractivity (Wildman–Crippen MR) is 130 cm³/mol. The summed E-state index contributed by atoms with van der Waals surface area (Å²) in [7, 11) is 0. The first-order valence-electron chi connectivity index (χ1n) is 11.9. The molecule has 0 saturated heterocycles. The summed E-state index contributed by atoms with van der Waals surface area (Å²) in [4.78, 5) is 17.7. The van der Waals surface area contributed by atoms with Gasteiger partial charge in [0.05, 0.1) is 11.4 Å². The molecule has 0 spiro atoms. The van der Waals surface area contributed by atoms with Gasteiger partial charge in [0.2, 0.25) is 0 Å². The van der Waals surface area contributed by atoms with Crippen LogP contribution in [0.15, 0.2) is 57.8 Å². The molecule has 2 aliphatic heterocycles. The van der Waals surface area contributed by atoms with Gasteiger partial charge in [0.25, 0.3) is 0 Å². The molecule has 0 saturated carbocycles. The fraction of sp³-hybridized carbons (Fsp3) is 0.429. The van der Waals surface area contributed by atoms with E-state index >= 15 is 0 Å². The molecular formula is C28H31N3O. The van der Waals surface area contributed by atoms with Crippen LogP contribution in [-0.4, -0.2) is 11.5 Å². The molecule has 1 unspecified atom stereocenters. The van der Waals surface area contributed by atoms with E-state index in [1.165, 1.54) is 16.7 Å². The Morgan fingerprint density at radius 3 is 2.56 bits per heavy atom. The first kappa shape index (κ1) is 21.0. The molecule has 2 aromatic carbocycles. The van der Waals surface area contributed by atoms with Crippen molar-refractivity contribution in [3.63, 3.8) is 0 Å². The lowest BCUT2D eigenvalue weighted by atomic mass is 9.67. The third-order valence-corrected chi connectivity index (χ3v) is 7.72. The Labute approximate surface area is 190 Å². The second kappa shape index (κ2) is 7.91. The van der Waals surface area contributed by atoms with E-state index in [1.807, 2.05) is 6.20 Å². The Bertz CT molecular complexity index is 1180. The minimum atomic E-state index is 0.130. The van der Waals surface area contributed by atoms with Gasteiger partial charge in [0.1, 0.15) is 6.04 Å². The number of hydrogen-bond donors (Lipinski definition) is 0. The van der Waals surface area contributed by atoms with Gasteiger partial charge in [0.15, 0.2) is 5.78 Å². The maximum Gasteiger partial charge on any atom is 0.163 e. The van der Waals surface area contributed by atoms with Gasteiger partial charge < -0.3 is 0 Å². The lowest BCUT2D eigenvalue weighted by Gasteiger charge is -2.36. The molecule has 5 rings (SSSR count). The van der Waals surface area contributed by atoms with Crippen LogP contribution < -0.4 is 0 Å². The predicted octanol–water partition coefficient (Wildman–Crippen LogP) is 7.65. The zero-order valence-corrected chi connectivity index (χ0v) is 19.5. The standard InChI is InChI=1S/C28H31N3O/c1-5-28(6-2)14-20-8-7-19(11-23(20)26(32)15-28)24-13-21(16-29-24)18-9-10-22-25(12-18)30-31-27(22)17(3)4/h7-12,16-17,27H,5-6,13-15H2,1-4H3. The number of allylic oxidation sites excluding steroid dienone is 1. The van der Waals surface area contributed by atoms with Crippen LogP contribution in [-0.2, 0) is 6.42 Å². The van der Waals surface area contributed by atoms with Gasteiger partial charge in [-0.1, -0.05) is 52.0 Å². The van der Waals surface area contributed by atoms with Crippen LogP contribution in [0.4, 0.5) is 5.69 Å². The van der Waals surface area contributed by atoms with Crippen molar-refractivity contribution < 1.29 is 4.79 Å². The molecule has 2 heterocycles. The zero-order valence-electron chi connectivity index (χ0n) is 19.5. The van der Waals surface area contributed by atoms with E-state index in [-0.39, 0.29) is 17.2 Å². The number of fused-ring (bicyclic) bond motifs is 2. The van der Waals surface area contributed by atoms with Crippen LogP contribution in [0, 0.1) is 11.3 Å². The topological polar surface area (TPSA) is 54.1 Å². The largest absolute Gasteiger partial charge is 0.294 e. The summed E-state index contributed by atoms with van der Waals surface area (Å²) in [5, 5.41) is 8.87. The molecule has 1 atom stereocenters. The van der Waals surface area contributed by atoms with Gasteiger partial charge in [-0.2, -0.15) is 10.2 Å². The van der Waals surface area contributed by atoms with Crippen molar-refractivity contribution in [1.29, 1.82) is 0 Å². The SMILES string of the molecule is CCC1(CC)CC(=O)c2cc(C3=NC=C(c4ccc5c(c4)N=NC5C(C)C)C3)ccc2C1. The van der Waals surface area contributed by atoms with Crippen LogP contribution in [0.1, 0.15) is 92.0 Å². The maximum atomic E-state index is 13.0. The van der Waals surface area contributed by atoms with Crippen LogP contribution >= 0.6 is 0 Å². The molecule has 0 amide bonds. The molecule has 2 aromatic rings. The number of azo groups is 1. The fourth-order valence-electron chi connectivity index (χ4n) is 5.36. The van der Waals surface area contributed by atoms with Crippen molar-refractivity contribution in [2.24, 2.45) is 26.6 Å². The maximum absolute atomic E-state index is 13.0. The third kappa shape index (κ3) is 3.46. The number of Topliss-reactive ketones (excluding diaryl/α,β-unsaturated/α-hetero) is 1. The number of benzene rings is 2. The molecule has 164 valence electrons. The number of nitrogens with zero attached hydrogens (tertiary/aromatic N) is 3. The molecule has 0 radical (unpaired) electrons. The molecule has 0 N–H and O–H groups in total. The minimum Gasteiger partial charge on any atom is -0.294 e. The second-order valence-corrected chi connectivity index (χ2v) is 9.94. The van der Waals surface area contributed by atoms with E-state index in [0.717, 1.165) is 53.8 Å². The molecule has 0 aromatic heterocycles. The van der Waals surface area contributed by atoms with Gasteiger partial charge in [0, 0.05) is 30.2 Å². The summed E-state index contributed by atoms with van der Waals surface area (Å²) < 4.78 is 0. The van der Waals surface area contributed by atoms with Gasteiger partial charge in [-0.25, -0.2) is 0 Å². The van der Waals surface area contributed by atoms with Gasteiger partial charge >= 0.3 is 0 Å². The molecule has 4 heteroatoms. The smallest absolute Gasteiger partial charge is 0.163 e. The Balaban J connectivity index is 1.35. The van der Waals surface area contributed by atoms with Crippen molar-refractivity contribution in [3.8, 4) is 0 Å².